The van der Waals surface area contributed by atoms with Crippen LogP contribution in [0.1, 0.15) is 19.4 Å². The maximum atomic E-state index is 13.5. The molecule has 1 heterocycles. The quantitative estimate of drug-likeness (QED) is 0.932. The van der Waals surface area contributed by atoms with Gasteiger partial charge in [-0.1, -0.05) is 6.07 Å². The molecule has 0 saturated carbocycles. The summed E-state index contributed by atoms with van der Waals surface area (Å²) in [7, 11) is 0. The monoisotopic (exact) mass is 279 g/mol. The third-order valence-electron chi connectivity index (χ3n) is 3.16. The Morgan fingerprint density at radius 2 is 2.15 bits per heavy atom. The Kier molecular flexibility index (Phi) is 3.83. The van der Waals surface area contributed by atoms with Crippen LogP contribution < -0.4 is 5.32 Å². The molecule has 0 fully saturated rings. The number of nitrogens with one attached hydrogen (secondary N) is 1. The third-order valence-corrected chi connectivity index (χ3v) is 3.16. The fraction of sp³-hybridized carbons (Fsp3) is 0.286. The van der Waals surface area contributed by atoms with Crippen molar-refractivity contribution in [1.82, 2.24) is 14.9 Å². The Labute approximate surface area is 115 Å². The molecule has 1 aromatic carbocycles. The van der Waals surface area contributed by atoms with Crippen LogP contribution in [0.3, 0.4) is 0 Å². The van der Waals surface area contributed by atoms with Gasteiger partial charge in [-0.3, -0.25) is 4.79 Å². The van der Waals surface area contributed by atoms with Crippen LogP contribution in [0.5, 0.6) is 0 Å². The van der Waals surface area contributed by atoms with Gasteiger partial charge in [0.1, 0.15) is 17.2 Å². The summed E-state index contributed by atoms with van der Waals surface area (Å²) in [5, 5.41) is 2.64. The number of imidazole rings is 1. The van der Waals surface area contributed by atoms with Crippen molar-refractivity contribution in [2.75, 3.05) is 0 Å². The van der Waals surface area contributed by atoms with Crippen LogP contribution in [0.25, 0.3) is 0 Å². The molecule has 1 aromatic heterocycles. The number of amides is 1. The summed E-state index contributed by atoms with van der Waals surface area (Å²) in [5.74, 6) is -1.60. The normalized spacial score (nSPS) is 11.4. The van der Waals surface area contributed by atoms with E-state index in [0.717, 1.165) is 12.1 Å². The van der Waals surface area contributed by atoms with Gasteiger partial charge in [-0.25, -0.2) is 13.8 Å². The molecule has 106 valence electrons. The van der Waals surface area contributed by atoms with Gasteiger partial charge in [-0.05, 0) is 19.9 Å². The van der Waals surface area contributed by atoms with Crippen molar-refractivity contribution in [2.24, 2.45) is 0 Å². The van der Waals surface area contributed by atoms with Crippen molar-refractivity contribution in [3.8, 4) is 0 Å². The zero-order valence-corrected chi connectivity index (χ0v) is 11.2. The minimum Gasteiger partial charge on any atom is -0.350 e. The Morgan fingerprint density at radius 3 is 2.75 bits per heavy atom. The topological polar surface area (TPSA) is 46.9 Å². The minimum absolute atomic E-state index is 0.00305. The molecular weight excluding hydrogens is 264 g/mol. The van der Waals surface area contributed by atoms with Crippen LogP contribution in [0.15, 0.2) is 36.9 Å². The molecule has 0 radical (unpaired) electrons. The van der Waals surface area contributed by atoms with Crippen molar-refractivity contribution >= 4 is 5.91 Å². The van der Waals surface area contributed by atoms with E-state index >= 15 is 0 Å². The summed E-state index contributed by atoms with van der Waals surface area (Å²) in [6, 6.07) is 3.27. The molecule has 1 N–H and O–H groups in total. The summed E-state index contributed by atoms with van der Waals surface area (Å²) >= 11 is 0. The van der Waals surface area contributed by atoms with E-state index in [1.54, 1.807) is 30.8 Å². The highest BCUT2D eigenvalue weighted by Gasteiger charge is 2.28. The molecule has 20 heavy (non-hydrogen) atoms. The number of nitrogens with zero attached hydrogens (tertiary/aromatic N) is 2. The molecule has 4 nitrogen and oxygen atoms in total. The molecule has 0 atom stereocenters. The standard InChI is InChI=1S/C14H15F2N3O/c1-14(2,19-6-5-17-9-19)13(20)18-8-10-3-4-11(15)7-12(10)16/h3-7,9H,8H2,1-2H3,(H,18,20). The highest BCUT2D eigenvalue weighted by Crippen LogP contribution is 2.15. The summed E-state index contributed by atoms with van der Waals surface area (Å²) in [6.45, 7) is 3.46. The van der Waals surface area contributed by atoms with Crippen LogP contribution >= 0.6 is 0 Å². The predicted molar refractivity (Wildman–Crippen MR) is 69.8 cm³/mol. The molecule has 0 unspecified atom stereocenters. The fourth-order valence-corrected chi connectivity index (χ4v) is 1.76. The lowest BCUT2D eigenvalue weighted by molar-refractivity contribution is -0.128. The first-order valence-electron chi connectivity index (χ1n) is 6.12. The van der Waals surface area contributed by atoms with Gasteiger partial charge in [0.15, 0.2) is 0 Å². The van der Waals surface area contributed by atoms with E-state index in [1.807, 2.05) is 0 Å². The summed E-state index contributed by atoms with van der Waals surface area (Å²) in [4.78, 5) is 16.1. The molecule has 0 spiro atoms. The predicted octanol–water partition coefficient (Wildman–Crippen LogP) is 2.21. The molecular formula is C14H15F2N3O. The maximum Gasteiger partial charge on any atom is 0.245 e. The van der Waals surface area contributed by atoms with E-state index in [0.29, 0.717) is 0 Å². The van der Waals surface area contributed by atoms with Gasteiger partial charge in [0.2, 0.25) is 5.91 Å². The first-order chi connectivity index (χ1) is 9.41. The Bertz CT molecular complexity index is 609. The molecule has 6 heteroatoms. The molecule has 0 bridgehead atoms. The SMILES string of the molecule is CC(C)(C(=O)NCc1ccc(F)cc1F)n1ccnc1. The number of aromatic nitrogens is 2. The highest BCUT2D eigenvalue weighted by molar-refractivity contribution is 5.83. The van der Waals surface area contributed by atoms with Crippen molar-refractivity contribution in [3.63, 3.8) is 0 Å². The van der Waals surface area contributed by atoms with Crippen LogP contribution in [-0.4, -0.2) is 15.5 Å². The van der Waals surface area contributed by atoms with Gasteiger partial charge in [-0.15, -0.1) is 0 Å². The zero-order valence-electron chi connectivity index (χ0n) is 11.2. The first-order valence-corrected chi connectivity index (χ1v) is 6.12. The Hall–Kier alpha value is -2.24. The van der Waals surface area contributed by atoms with Gasteiger partial charge in [-0.2, -0.15) is 0 Å². The number of hydrogen-bond acceptors (Lipinski definition) is 2. The summed E-state index contributed by atoms with van der Waals surface area (Å²) < 4.78 is 27.9. The van der Waals surface area contributed by atoms with Crippen LogP contribution in [-0.2, 0) is 16.9 Å². The lowest BCUT2D eigenvalue weighted by atomic mass is 10.0. The summed E-state index contributed by atoms with van der Waals surface area (Å²) in [6.07, 6.45) is 4.80. The molecule has 0 saturated heterocycles. The number of benzene rings is 1. The van der Waals surface area contributed by atoms with Crippen molar-refractivity contribution < 1.29 is 13.6 Å². The van der Waals surface area contributed by atoms with Gasteiger partial charge in [0.05, 0.1) is 6.33 Å². The second kappa shape index (κ2) is 5.40. The number of hydrogen-bond donors (Lipinski definition) is 1. The number of carbonyl (C=O) groups is 1. The van der Waals surface area contributed by atoms with Gasteiger partial charge >= 0.3 is 0 Å². The minimum atomic E-state index is -0.840. The fourth-order valence-electron chi connectivity index (χ4n) is 1.76. The smallest absolute Gasteiger partial charge is 0.245 e. The van der Waals surface area contributed by atoms with Crippen molar-refractivity contribution in [1.29, 1.82) is 0 Å². The van der Waals surface area contributed by atoms with Gasteiger partial charge in [0, 0.05) is 30.6 Å². The zero-order chi connectivity index (χ0) is 14.8. The molecule has 2 aromatic rings. The highest BCUT2D eigenvalue weighted by atomic mass is 19.1. The second-order valence-electron chi connectivity index (χ2n) is 4.95. The van der Waals surface area contributed by atoms with Crippen molar-refractivity contribution in [2.45, 2.75) is 25.9 Å². The largest absolute Gasteiger partial charge is 0.350 e. The van der Waals surface area contributed by atoms with E-state index in [4.69, 9.17) is 0 Å². The lowest BCUT2D eigenvalue weighted by Gasteiger charge is -2.25. The first kappa shape index (κ1) is 14.2. The molecule has 0 aliphatic rings. The Balaban J connectivity index is 2.05. The van der Waals surface area contributed by atoms with Crippen LogP contribution in [0.2, 0.25) is 0 Å². The average Bonchev–Trinajstić information content (AvgIpc) is 2.91. The van der Waals surface area contributed by atoms with E-state index in [1.165, 1.54) is 12.4 Å². The van der Waals surface area contributed by atoms with Gasteiger partial charge < -0.3 is 9.88 Å². The van der Waals surface area contributed by atoms with E-state index < -0.39 is 17.2 Å². The van der Waals surface area contributed by atoms with Gasteiger partial charge in [0.25, 0.3) is 0 Å². The second-order valence-corrected chi connectivity index (χ2v) is 4.95. The lowest BCUT2D eigenvalue weighted by Crippen LogP contribution is -2.43. The maximum absolute atomic E-state index is 13.5. The van der Waals surface area contributed by atoms with E-state index in [-0.39, 0.29) is 18.0 Å². The summed E-state index contributed by atoms with van der Waals surface area (Å²) in [5.41, 5.74) is -0.603. The number of carbonyl (C=O) groups excluding carboxylic acids is 1. The third kappa shape index (κ3) is 2.84. The average molecular weight is 279 g/mol. The van der Waals surface area contributed by atoms with Crippen molar-refractivity contribution in [3.05, 3.63) is 54.1 Å². The Morgan fingerprint density at radius 1 is 1.40 bits per heavy atom. The number of halogens is 2. The molecule has 1 amide bonds. The van der Waals surface area contributed by atoms with Crippen LogP contribution in [0, 0.1) is 11.6 Å². The number of rotatable bonds is 4. The van der Waals surface area contributed by atoms with E-state index in [2.05, 4.69) is 10.3 Å². The molecule has 0 aliphatic carbocycles. The van der Waals surface area contributed by atoms with Crippen LogP contribution in [0.4, 0.5) is 8.78 Å². The molecule has 0 aliphatic heterocycles. The van der Waals surface area contributed by atoms with E-state index in [9.17, 15) is 13.6 Å². The molecule has 2 rings (SSSR count).